The first kappa shape index (κ1) is 10.9. The molecule has 1 heterocycles. The van der Waals surface area contributed by atoms with Gasteiger partial charge < -0.3 is 0 Å². The predicted molar refractivity (Wildman–Crippen MR) is 60.8 cm³/mol. The van der Waals surface area contributed by atoms with E-state index in [1.807, 2.05) is 18.2 Å². The zero-order valence-electron chi connectivity index (χ0n) is 9.23. The molecule has 0 saturated heterocycles. The molecule has 0 fully saturated rings. The van der Waals surface area contributed by atoms with Gasteiger partial charge >= 0.3 is 0 Å². The van der Waals surface area contributed by atoms with Crippen LogP contribution in [0, 0.1) is 0 Å². The topological polar surface area (TPSA) is 49.8 Å². The molecule has 16 heavy (non-hydrogen) atoms. The quantitative estimate of drug-likeness (QED) is 0.582. The van der Waals surface area contributed by atoms with Crippen molar-refractivity contribution in [3.63, 3.8) is 0 Å². The number of hydrogen-bond donors (Lipinski definition) is 1. The van der Waals surface area contributed by atoms with Crippen LogP contribution in [-0.2, 0) is 9.68 Å². The van der Waals surface area contributed by atoms with Crippen molar-refractivity contribution in [3.05, 3.63) is 36.4 Å². The van der Waals surface area contributed by atoms with Gasteiger partial charge in [0.15, 0.2) is 0 Å². The van der Waals surface area contributed by atoms with E-state index in [0.717, 1.165) is 5.56 Å². The number of anilines is 1. The summed E-state index contributed by atoms with van der Waals surface area (Å²) in [4.78, 5) is 17.5. The highest BCUT2D eigenvalue weighted by atomic mass is 17.1. The summed E-state index contributed by atoms with van der Waals surface area (Å²) in [6.07, 6.45) is 0. The van der Waals surface area contributed by atoms with Gasteiger partial charge in [-0.1, -0.05) is 24.8 Å². The Kier molecular flexibility index (Phi) is 2.33. The fraction of sp³-hybridized carbons (Fsp3) is 0.250. The Bertz CT molecular complexity index is 469. The Labute approximate surface area is 93.7 Å². The number of para-hydroxylation sites is 1. The van der Waals surface area contributed by atoms with E-state index in [-0.39, 0.29) is 5.91 Å². The van der Waals surface area contributed by atoms with Crippen molar-refractivity contribution in [2.75, 3.05) is 4.90 Å². The number of benzene rings is 1. The van der Waals surface area contributed by atoms with Crippen molar-refractivity contribution in [1.29, 1.82) is 0 Å². The van der Waals surface area contributed by atoms with E-state index in [2.05, 4.69) is 11.5 Å². The van der Waals surface area contributed by atoms with Crippen molar-refractivity contribution in [1.82, 2.24) is 0 Å². The molecule has 1 unspecified atom stereocenters. The molecule has 1 N–H and O–H groups in total. The summed E-state index contributed by atoms with van der Waals surface area (Å²) in [5.74, 6) is -0.206. The molecular formula is C12H13NO3. The molecule has 0 radical (unpaired) electrons. The Balaban J connectivity index is 2.66. The van der Waals surface area contributed by atoms with Gasteiger partial charge in [-0.2, -0.15) is 0 Å². The Morgan fingerprint density at radius 2 is 2.12 bits per heavy atom. The standard InChI is InChI=1S/C12H13NO3/c1-8-10-6-4-5-7-11(10)13(9(2)14)12(8,3)16-15/h4-7,15H,1H2,2-3H3. The lowest BCUT2D eigenvalue weighted by Crippen LogP contribution is -2.47. The number of carbonyl (C=O) groups excluding carboxylic acids is 1. The minimum Gasteiger partial charge on any atom is -0.276 e. The molecule has 1 aliphatic heterocycles. The third kappa shape index (κ3) is 1.20. The lowest BCUT2D eigenvalue weighted by molar-refractivity contribution is -0.295. The van der Waals surface area contributed by atoms with Gasteiger partial charge in [0, 0.05) is 18.1 Å². The van der Waals surface area contributed by atoms with E-state index in [9.17, 15) is 4.79 Å². The summed E-state index contributed by atoms with van der Waals surface area (Å²) in [7, 11) is 0. The predicted octanol–water partition coefficient (Wildman–Crippen LogP) is 2.27. The van der Waals surface area contributed by atoms with Gasteiger partial charge in [-0.05, 0) is 13.0 Å². The number of nitrogens with zero attached hydrogens (tertiary/aromatic N) is 1. The molecule has 1 aromatic carbocycles. The fourth-order valence-electron chi connectivity index (χ4n) is 2.10. The van der Waals surface area contributed by atoms with Crippen LogP contribution in [0.4, 0.5) is 5.69 Å². The first-order valence-electron chi connectivity index (χ1n) is 4.94. The van der Waals surface area contributed by atoms with Crippen molar-refractivity contribution in [3.8, 4) is 0 Å². The van der Waals surface area contributed by atoms with E-state index in [1.165, 1.54) is 11.8 Å². The summed E-state index contributed by atoms with van der Waals surface area (Å²) < 4.78 is 0. The zero-order chi connectivity index (χ0) is 11.9. The van der Waals surface area contributed by atoms with Crippen LogP contribution >= 0.6 is 0 Å². The lowest BCUT2D eigenvalue weighted by atomic mass is 10.0. The molecule has 1 aromatic rings. The van der Waals surface area contributed by atoms with Crippen LogP contribution in [0.3, 0.4) is 0 Å². The maximum atomic E-state index is 11.6. The Hall–Kier alpha value is -1.65. The molecule has 0 saturated carbocycles. The lowest BCUT2D eigenvalue weighted by Gasteiger charge is -2.31. The summed E-state index contributed by atoms with van der Waals surface area (Å²) >= 11 is 0. The van der Waals surface area contributed by atoms with Crippen molar-refractivity contribution in [2.24, 2.45) is 0 Å². The van der Waals surface area contributed by atoms with Gasteiger partial charge in [0.2, 0.25) is 11.6 Å². The fourth-order valence-corrected chi connectivity index (χ4v) is 2.10. The maximum absolute atomic E-state index is 11.6. The molecule has 0 aromatic heterocycles. The Morgan fingerprint density at radius 1 is 1.50 bits per heavy atom. The van der Waals surface area contributed by atoms with E-state index in [1.54, 1.807) is 13.0 Å². The number of fused-ring (bicyclic) bond motifs is 1. The monoisotopic (exact) mass is 219 g/mol. The maximum Gasteiger partial charge on any atom is 0.226 e. The molecule has 0 bridgehead atoms. The SMILES string of the molecule is C=C1c2ccccc2N(C(C)=O)C1(C)OO. The molecule has 4 nitrogen and oxygen atoms in total. The average Bonchev–Trinajstić information content (AvgIpc) is 2.50. The van der Waals surface area contributed by atoms with Gasteiger partial charge in [-0.25, -0.2) is 10.1 Å². The summed E-state index contributed by atoms with van der Waals surface area (Å²) in [5, 5.41) is 9.03. The molecule has 84 valence electrons. The summed E-state index contributed by atoms with van der Waals surface area (Å²) in [6.45, 7) is 6.90. The molecule has 2 rings (SSSR count). The van der Waals surface area contributed by atoms with Crippen molar-refractivity contribution < 1.29 is 14.9 Å². The number of carbonyl (C=O) groups is 1. The van der Waals surface area contributed by atoms with E-state index < -0.39 is 5.72 Å². The molecule has 1 aliphatic rings. The van der Waals surface area contributed by atoms with Gasteiger partial charge in [-0.15, -0.1) is 0 Å². The highest BCUT2D eigenvalue weighted by Gasteiger charge is 2.47. The first-order valence-corrected chi connectivity index (χ1v) is 4.94. The summed E-state index contributed by atoms with van der Waals surface area (Å²) in [5.41, 5.74) is 0.877. The van der Waals surface area contributed by atoms with Gasteiger partial charge in [0.25, 0.3) is 0 Å². The normalized spacial score (nSPS) is 23.4. The van der Waals surface area contributed by atoms with Crippen molar-refractivity contribution >= 4 is 17.2 Å². The molecule has 0 aliphatic carbocycles. The van der Waals surface area contributed by atoms with Gasteiger partial charge in [0.1, 0.15) is 0 Å². The molecule has 0 spiro atoms. The van der Waals surface area contributed by atoms with Gasteiger partial charge in [0.05, 0.1) is 5.69 Å². The second-order valence-corrected chi connectivity index (χ2v) is 3.92. The average molecular weight is 219 g/mol. The Morgan fingerprint density at radius 3 is 2.69 bits per heavy atom. The second kappa shape index (κ2) is 3.43. The summed E-state index contributed by atoms with van der Waals surface area (Å²) in [6, 6.07) is 7.32. The first-order chi connectivity index (χ1) is 7.52. The van der Waals surface area contributed by atoms with E-state index in [4.69, 9.17) is 5.26 Å². The van der Waals surface area contributed by atoms with Crippen LogP contribution in [0.5, 0.6) is 0 Å². The molecular weight excluding hydrogens is 206 g/mol. The smallest absolute Gasteiger partial charge is 0.226 e. The van der Waals surface area contributed by atoms with Crippen LogP contribution in [0.1, 0.15) is 19.4 Å². The molecule has 1 atom stereocenters. The molecule has 4 heteroatoms. The van der Waals surface area contributed by atoms with Crippen LogP contribution in [0.2, 0.25) is 0 Å². The second-order valence-electron chi connectivity index (χ2n) is 3.92. The van der Waals surface area contributed by atoms with E-state index in [0.29, 0.717) is 11.3 Å². The molecule has 1 amide bonds. The van der Waals surface area contributed by atoms with Crippen LogP contribution < -0.4 is 4.90 Å². The number of amides is 1. The number of hydrogen-bond acceptors (Lipinski definition) is 3. The van der Waals surface area contributed by atoms with Crippen LogP contribution in [-0.4, -0.2) is 16.9 Å². The van der Waals surface area contributed by atoms with Crippen LogP contribution in [0.15, 0.2) is 30.8 Å². The third-order valence-electron chi connectivity index (χ3n) is 2.95. The number of rotatable bonds is 1. The highest BCUT2D eigenvalue weighted by molar-refractivity contribution is 6.04. The van der Waals surface area contributed by atoms with E-state index >= 15 is 0 Å². The highest BCUT2D eigenvalue weighted by Crippen LogP contribution is 2.46. The van der Waals surface area contributed by atoms with Gasteiger partial charge in [-0.3, -0.25) is 9.69 Å². The third-order valence-corrected chi connectivity index (χ3v) is 2.95. The largest absolute Gasteiger partial charge is 0.276 e. The minimum atomic E-state index is -1.21. The zero-order valence-corrected chi connectivity index (χ0v) is 9.23. The minimum absolute atomic E-state index is 0.206. The van der Waals surface area contributed by atoms with Crippen molar-refractivity contribution in [2.45, 2.75) is 19.6 Å². The van der Waals surface area contributed by atoms with Crippen LogP contribution in [0.25, 0.3) is 5.57 Å².